The summed E-state index contributed by atoms with van der Waals surface area (Å²) < 4.78 is 51.0. The Morgan fingerprint density at radius 2 is 1.65 bits per heavy atom. The number of ether oxygens (including phenoxy) is 4. The second kappa shape index (κ2) is 11.9. The van der Waals surface area contributed by atoms with Crippen LogP contribution in [0.15, 0.2) is 66.0 Å². The lowest BCUT2D eigenvalue weighted by Crippen LogP contribution is -2.17. The number of aromatic nitrogens is 4. The molecule has 208 valence electrons. The zero-order valence-electron chi connectivity index (χ0n) is 22.4. The van der Waals surface area contributed by atoms with Crippen LogP contribution in [0.2, 0.25) is 0 Å². The van der Waals surface area contributed by atoms with E-state index in [0.29, 0.717) is 5.75 Å². The quantitative estimate of drug-likeness (QED) is 0.271. The highest BCUT2D eigenvalue weighted by molar-refractivity contribution is 7.92. The van der Waals surface area contributed by atoms with E-state index in [9.17, 15) is 13.2 Å². The van der Waals surface area contributed by atoms with Crippen molar-refractivity contribution < 1.29 is 32.2 Å². The van der Waals surface area contributed by atoms with Crippen molar-refractivity contribution in [3.63, 3.8) is 0 Å². The summed E-state index contributed by atoms with van der Waals surface area (Å²) in [7, 11) is -0.261. The minimum absolute atomic E-state index is 0.0708. The highest BCUT2D eigenvalue weighted by Gasteiger charge is 2.27. The van der Waals surface area contributed by atoms with E-state index < -0.39 is 16.0 Å². The first-order chi connectivity index (χ1) is 19.2. The van der Waals surface area contributed by atoms with E-state index in [1.165, 1.54) is 39.8 Å². The number of benzene rings is 1. The van der Waals surface area contributed by atoms with Crippen LogP contribution in [0.1, 0.15) is 35.8 Å². The summed E-state index contributed by atoms with van der Waals surface area (Å²) in [5.74, 6) is -0.581. The summed E-state index contributed by atoms with van der Waals surface area (Å²) in [6.07, 6.45) is 2.90. The lowest BCUT2D eigenvalue weighted by molar-refractivity contribution is 0.0595. The van der Waals surface area contributed by atoms with Crippen LogP contribution < -0.4 is 18.9 Å². The molecule has 0 aliphatic heterocycles. The number of carbonyl (C=O) groups is 1. The Labute approximate surface area is 231 Å². The van der Waals surface area contributed by atoms with Crippen LogP contribution in [0.25, 0.3) is 11.4 Å². The predicted molar refractivity (Wildman–Crippen MR) is 145 cm³/mol. The fourth-order valence-electron chi connectivity index (χ4n) is 3.58. The monoisotopic (exact) mass is 565 g/mol. The van der Waals surface area contributed by atoms with Crippen LogP contribution in [0.5, 0.6) is 23.1 Å². The fraction of sp³-hybridized carbons (Fsp3) is 0.222. The molecule has 0 saturated heterocycles. The van der Waals surface area contributed by atoms with E-state index in [1.807, 2.05) is 13.8 Å². The van der Waals surface area contributed by atoms with E-state index in [2.05, 4.69) is 24.7 Å². The van der Waals surface area contributed by atoms with E-state index in [1.54, 1.807) is 42.5 Å². The molecular weight excluding hydrogens is 538 g/mol. The molecule has 0 saturated carbocycles. The van der Waals surface area contributed by atoms with Gasteiger partial charge in [0.05, 0.1) is 26.9 Å². The highest BCUT2D eigenvalue weighted by Crippen LogP contribution is 2.41. The van der Waals surface area contributed by atoms with Crippen LogP contribution in [-0.4, -0.2) is 55.7 Å². The van der Waals surface area contributed by atoms with Crippen molar-refractivity contribution in [1.82, 2.24) is 19.9 Å². The maximum Gasteiger partial charge on any atom is 0.357 e. The molecule has 0 fully saturated rings. The minimum atomic E-state index is -4.27. The molecule has 12 nitrogen and oxygen atoms in total. The lowest BCUT2D eigenvalue weighted by atomic mass is 10.1. The van der Waals surface area contributed by atoms with Gasteiger partial charge in [-0.3, -0.25) is 4.72 Å². The first-order valence-electron chi connectivity index (χ1n) is 12.0. The third kappa shape index (κ3) is 5.94. The zero-order chi connectivity index (χ0) is 28.9. The number of esters is 1. The number of rotatable bonds is 10. The number of anilines is 1. The molecule has 1 N–H and O–H groups in total. The van der Waals surface area contributed by atoms with Crippen molar-refractivity contribution in [2.45, 2.75) is 24.8 Å². The largest absolute Gasteiger partial charge is 0.493 e. The predicted octanol–water partition coefficient (Wildman–Crippen LogP) is 4.45. The SMILES string of the molecule is COC(=O)c1ncccc1-c1nc(NS(=O)(=O)c2ccc(C(C)C)cn2)c(Oc2ccccc2OC)c(OC)n1. The van der Waals surface area contributed by atoms with E-state index in [4.69, 9.17) is 18.9 Å². The number of hydrogen-bond acceptors (Lipinski definition) is 11. The lowest BCUT2D eigenvalue weighted by Gasteiger charge is -2.17. The summed E-state index contributed by atoms with van der Waals surface area (Å²) in [5.41, 5.74) is 0.971. The Morgan fingerprint density at radius 3 is 2.27 bits per heavy atom. The van der Waals surface area contributed by atoms with Gasteiger partial charge in [0.1, 0.15) is 0 Å². The molecule has 3 aromatic heterocycles. The van der Waals surface area contributed by atoms with E-state index in [0.717, 1.165) is 5.56 Å². The van der Waals surface area contributed by atoms with Gasteiger partial charge in [-0.2, -0.15) is 13.4 Å². The van der Waals surface area contributed by atoms with E-state index >= 15 is 0 Å². The van der Waals surface area contributed by atoms with Crippen LogP contribution in [-0.2, 0) is 14.8 Å². The fourth-order valence-corrected chi connectivity index (χ4v) is 4.52. The van der Waals surface area contributed by atoms with E-state index in [-0.39, 0.29) is 51.2 Å². The van der Waals surface area contributed by atoms with Gasteiger partial charge in [-0.1, -0.05) is 32.0 Å². The Balaban J connectivity index is 1.89. The third-order valence-corrected chi connectivity index (χ3v) is 6.92. The molecule has 0 amide bonds. The topological polar surface area (TPSA) is 152 Å². The molecule has 40 heavy (non-hydrogen) atoms. The summed E-state index contributed by atoms with van der Waals surface area (Å²) in [4.78, 5) is 29.4. The van der Waals surface area contributed by atoms with Crippen LogP contribution in [0, 0.1) is 0 Å². The molecule has 0 radical (unpaired) electrons. The van der Waals surface area contributed by atoms with Crippen molar-refractivity contribution in [3.8, 4) is 34.5 Å². The van der Waals surface area contributed by atoms with Gasteiger partial charge in [0.25, 0.3) is 15.9 Å². The Kier molecular flexibility index (Phi) is 8.43. The summed E-state index contributed by atoms with van der Waals surface area (Å²) >= 11 is 0. The summed E-state index contributed by atoms with van der Waals surface area (Å²) in [6, 6.07) is 12.9. The second-order valence-electron chi connectivity index (χ2n) is 8.57. The van der Waals surface area contributed by atoms with Crippen molar-refractivity contribution in [2.24, 2.45) is 0 Å². The highest BCUT2D eigenvalue weighted by atomic mass is 32.2. The van der Waals surface area contributed by atoms with Crippen molar-refractivity contribution in [1.29, 1.82) is 0 Å². The maximum atomic E-state index is 13.4. The molecule has 0 spiro atoms. The van der Waals surface area contributed by atoms with Gasteiger partial charge in [-0.25, -0.2) is 19.7 Å². The van der Waals surface area contributed by atoms with Gasteiger partial charge >= 0.3 is 5.97 Å². The van der Waals surface area contributed by atoms with Gasteiger partial charge in [-0.15, -0.1) is 0 Å². The molecule has 4 rings (SSSR count). The Bertz CT molecular complexity index is 1630. The molecule has 3 heterocycles. The number of sulfonamides is 1. The average molecular weight is 566 g/mol. The minimum Gasteiger partial charge on any atom is -0.493 e. The van der Waals surface area contributed by atoms with Crippen molar-refractivity contribution in [3.05, 3.63) is 72.2 Å². The number of methoxy groups -OCH3 is 3. The smallest absolute Gasteiger partial charge is 0.357 e. The average Bonchev–Trinajstić information content (AvgIpc) is 2.97. The van der Waals surface area contributed by atoms with Crippen LogP contribution in [0.4, 0.5) is 5.82 Å². The number of nitrogens with zero attached hydrogens (tertiary/aromatic N) is 4. The van der Waals surface area contributed by atoms with Gasteiger partial charge in [0.15, 0.2) is 33.9 Å². The van der Waals surface area contributed by atoms with Gasteiger partial charge in [0.2, 0.25) is 5.75 Å². The summed E-state index contributed by atoms with van der Waals surface area (Å²) in [6.45, 7) is 3.95. The first kappa shape index (κ1) is 28.2. The number of nitrogens with one attached hydrogen (secondary N) is 1. The third-order valence-electron chi connectivity index (χ3n) is 5.67. The first-order valence-corrected chi connectivity index (χ1v) is 13.5. The Morgan fingerprint density at radius 1 is 0.900 bits per heavy atom. The summed E-state index contributed by atoms with van der Waals surface area (Å²) in [5, 5.41) is -0.240. The second-order valence-corrected chi connectivity index (χ2v) is 10.2. The Hall–Kier alpha value is -4.78. The van der Waals surface area contributed by atoms with Gasteiger partial charge in [0, 0.05) is 12.4 Å². The molecule has 0 aliphatic rings. The molecule has 0 aliphatic carbocycles. The number of carbonyl (C=O) groups excluding carboxylic acids is 1. The standard InChI is InChI=1S/C27H27N5O7S/c1-16(2)17-12-13-21(29-15-17)40(34,35)32-25-23(39-20-11-7-6-10-19(20)36-3)26(37-4)31-24(30-25)18-9-8-14-28-22(18)27(33)38-5/h6-16H,1-5H3,(H,30,31,32). The van der Waals surface area contributed by atoms with Crippen molar-refractivity contribution in [2.75, 3.05) is 26.1 Å². The molecular formula is C27H27N5O7S. The number of para-hydroxylation sites is 2. The molecule has 4 aromatic rings. The number of pyridine rings is 2. The van der Waals surface area contributed by atoms with Crippen molar-refractivity contribution >= 4 is 21.8 Å². The van der Waals surface area contributed by atoms with Crippen LogP contribution in [0.3, 0.4) is 0 Å². The number of hydrogen-bond donors (Lipinski definition) is 1. The molecule has 0 bridgehead atoms. The molecule has 1 aromatic carbocycles. The molecule has 0 atom stereocenters. The van der Waals surface area contributed by atoms with Gasteiger partial charge in [-0.05, 0) is 41.8 Å². The normalized spacial score (nSPS) is 11.2. The zero-order valence-corrected chi connectivity index (χ0v) is 23.2. The maximum absolute atomic E-state index is 13.4. The molecule has 0 unspecified atom stereocenters. The van der Waals surface area contributed by atoms with Gasteiger partial charge < -0.3 is 18.9 Å². The molecule has 13 heteroatoms. The van der Waals surface area contributed by atoms with Crippen LogP contribution >= 0.6 is 0 Å².